The zero-order valence-electron chi connectivity index (χ0n) is 6.89. The topological polar surface area (TPSA) is 21.7 Å². The summed E-state index contributed by atoms with van der Waals surface area (Å²) in [5, 5.41) is 0. The van der Waals surface area contributed by atoms with Crippen LogP contribution in [-0.2, 0) is 9.47 Å². The number of likely N-dealkylation sites (tertiary alicyclic amines) is 1. The van der Waals surface area contributed by atoms with Crippen LogP contribution in [0.25, 0.3) is 0 Å². The van der Waals surface area contributed by atoms with Gasteiger partial charge in [0.2, 0.25) is 5.91 Å². The Balaban J connectivity index is 2.43. The van der Waals surface area contributed by atoms with Gasteiger partial charge in [-0.05, 0) is 14.0 Å². The number of hydrogen-bond acceptors (Lipinski definition) is 3. The van der Waals surface area contributed by atoms with E-state index < -0.39 is 5.91 Å². The van der Waals surface area contributed by atoms with Gasteiger partial charge in [-0.15, -0.1) is 0 Å². The second kappa shape index (κ2) is 2.86. The van der Waals surface area contributed by atoms with E-state index in [-0.39, 0.29) is 0 Å². The van der Waals surface area contributed by atoms with Crippen LogP contribution in [0.2, 0.25) is 0 Å². The molecule has 1 aliphatic rings. The first-order chi connectivity index (χ1) is 4.75. The quantitative estimate of drug-likeness (QED) is 0.544. The zero-order chi connectivity index (χ0) is 7.61. The van der Waals surface area contributed by atoms with E-state index in [1.807, 2.05) is 14.0 Å². The molecule has 0 spiro atoms. The molecule has 1 heterocycles. The van der Waals surface area contributed by atoms with Gasteiger partial charge in [0.15, 0.2) is 0 Å². The van der Waals surface area contributed by atoms with Gasteiger partial charge in [0.1, 0.15) is 0 Å². The molecule has 0 aromatic heterocycles. The maximum atomic E-state index is 5.43. The predicted octanol–water partition coefficient (Wildman–Crippen LogP) is 0.659. The van der Waals surface area contributed by atoms with E-state index >= 15 is 0 Å². The molecule has 0 N–H and O–H groups in total. The lowest BCUT2D eigenvalue weighted by atomic mass is 10.1. The minimum atomic E-state index is -0.394. The Hall–Kier alpha value is -0.120. The molecule has 0 radical (unpaired) electrons. The number of rotatable bonds is 3. The van der Waals surface area contributed by atoms with Gasteiger partial charge in [0.25, 0.3) is 0 Å². The molecule has 3 nitrogen and oxygen atoms in total. The van der Waals surface area contributed by atoms with Crippen molar-refractivity contribution in [2.24, 2.45) is 0 Å². The first-order valence-corrected chi connectivity index (χ1v) is 3.65. The summed E-state index contributed by atoms with van der Waals surface area (Å²) in [6.45, 7) is 3.75. The zero-order valence-corrected chi connectivity index (χ0v) is 6.89. The van der Waals surface area contributed by atoms with Gasteiger partial charge in [-0.25, -0.2) is 0 Å². The lowest BCUT2D eigenvalue weighted by Crippen LogP contribution is -2.60. The van der Waals surface area contributed by atoms with E-state index in [0.717, 1.165) is 13.0 Å². The van der Waals surface area contributed by atoms with Gasteiger partial charge >= 0.3 is 0 Å². The van der Waals surface area contributed by atoms with Crippen LogP contribution in [0.5, 0.6) is 0 Å². The second-order valence-electron chi connectivity index (χ2n) is 2.52. The Morgan fingerprint density at radius 2 is 2.30 bits per heavy atom. The van der Waals surface area contributed by atoms with Crippen molar-refractivity contribution in [3.05, 3.63) is 0 Å². The Morgan fingerprint density at radius 1 is 1.60 bits per heavy atom. The molecule has 0 bridgehead atoms. The predicted molar refractivity (Wildman–Crippen MR) is 38.6 cm³/mol. The van der Waals surface area contributed by atoms with Gasteiger partial charge in [0.05, 0.1) is 0 Å². The van der Waals surface area contributed by atoms with Crippen molar-refractivity contribution in [1.29, 1.82) is 0 Å². The van der Waals surface area contributed by atoms with Crippen LogP contribution in [0, 0.1) is 0 Å². The Morgan fingerprint density at radius 3 is 2.40 bits per heavy atom. The molecule has 1 aliphatic heterocycles. The van der Waals surface area contributed by atoms with Crippen LogP contribution >= 0.6 is 0 Å². The van der Waals surface area contributed by atoms with Gasteiger partial charge in [0, 0.05) is 26.7 Å². The van der Waals surface area contributed by atoms with Crippen molar-refractivity contribution in [3.8, 4) is 0 Å². The van der Waals surface area contributed by atoms with E-state index in [1.165, 1.54) is 0 Å². The lowest BCUT2D eigenvalue weighted by molar-refractivity contribution is -0.346. The fourth-order valence-electron chi connectivity index (χ4n) is 1.24. The summed E-state index contributed by atoms with van der Waals surface area (Å²) < 4.78 is 10.7. The maximum absolute atomic E-state index is 5.43. The van der Waals surface area contributed by atoms with Gasteiger partial charge in [-0.2, -0.15) is 0 Å². The van der Waals surface area contributed by atoms with E-state index in [1.54, 1.807) is 7.11 Å². The number of methoxy groups -OCH3 is 1. The Labute approximate surface area is 61.9 Å². The first kappa shape index (κ1) is 7.98. The molecule has 1 rings (SSSR count). The Kier molecular flexibility index (Phi) is 2.28. The summed E-state index contributed by atoms with van der Waals surface area (Å²) in [6, 6.07) is 0. The first-order valence-electron chi connectivity index (χ1n) is 3.65. The SMILES string of the molecule is CCOC1(OC)CCN1C. The van der Waals surface area contributed by atoms with Crippen LogP contribution in [0.1, 0.15) is 13.3 Å². The third-order valence-electron chi connectivity index (χ3n) is 2.03. The molecule has 10 heavy (non-hydrogen) atoms. The van der Waals surface area contributed by atoms with E-state index in [4.69, 9.17) is 9.47 Å². The molecule has 3 heteroatoms. The van der Waals surface area contributed by atoms with E-state index in [9.17, 15) is 0 Å². The average Bonchev–Trinajstić information content (AvgIpc) is 1.97. The highest BCUT2D eigenvalue weighted by molar-refractivity contribution is 4.80. The van der Waals surface area contributed by atoms with Gasteiger partial charge in [-0.1, -0.05) is 0 Å². The molecule has 0 saturated carbocycles. The molecular weight excluding hydrogens is 130 g/mol. The fourth-order valence-corrected chi connectivity index (χ4v) is 1.24. The number of ether oxygens (including phenoxy) is 2. The minimum Gasteiger partial charge on any atom is -0.341 e. The van der Waals surface area contributed by atoms with Crippen molar-refractivity contribution in [2.45, 2.75) is 19.3 Å². The summed E-state index contributed by atoms with van der Waals surface area (Å²) in [5.41, 5.74) is 0. The molecule has 1 atom stereocenters. The molecule has 1 saturated heterocycles. The van der Waals surface area contributed by atoms with Crippen molar-refractivity contribution in [3.63, 3.8) is 0 Å². The van der Waals surface area contributed by atoms with Gasteiger partial charge < -0.3 is 9.47 Å². The third kappa shape index (κ3) is 1.05. The molecule has 0 aliphatic carbocycles. The highest BCUT2D eigenvalue weighted by atomic mass is 16.7. The molecule has 0 aromatic carbocycles. The second-order valence-corrected chi connectivity index (χ2v) is 2.52. The fraction of sp³-hybridized carbons (Fsp3) is 1.00. The van der Waals surface area contributed by atoms with Crippen LogP contribution in [-0.4, -0.2) is 38.1 Å². The van der Waals surface area contributed by atoms with Crippen molar-refractivity contribution in [1.82, 2.24) is 4.90 Å². The normalized spacial score (nSPS) is 33.9. The molecule has 60 valence electrons. The third-order valence-corrected chi connectivity index (χ3v) is 2.03. The van der Waals surface area contributed by atoms with E-state index in [0.29, 0.717) is 6.61 Å². The maximum Gasteiger partial charge on any atom is 0.230 e. The van der Waals surface area contributed by atoms with Gasteiger partial charge in [-0.3, -0.25) is 4.90 Å². The van der Waals surface area contributed by atoms with Crippen LogP contribution < -0.4 is 0 Å². The summed E-state index contributed by atoms with van der Waals surface area (Å²) >= 11 is 0. The molecule has 0 aromatic rings. The van der Waals surface area contributed by atoms with Crippen molar-refractivity contribution in [2.75, 3.05) is 27.3 Å². The highest BCUT2D eigenvalue weighted by Crippen LogP contribution is 2.30. The largest absolute Gasteiger partial charge is 0.341 e. The van der Waals surface area contributed by atoms with Crippen LogP contribution in [0.3, 0.4) is 0 Å². The standard InChI is InChI=1S/C7H15NO2/c1-4-10-7(9-3)5-6-8(7)2/h4-6H2,1-3H3. The minimum absolute atomic E-state index is 0.394. The molecular formula is C7H15NO2. The average molecular weight is 145 g/mol. The smallest absolute Gasteiger partial charge is 0.230 e. The van der Waals surface area contributed by atoms with E-state index in [2.05, 4.69) is 4.90 Å². The summed E-state index contributed by atoms with van der Waals surface area (Å²) in [4.78, 5) is 2.07. The lowest BCUT2D eigenvalue weighted by Gasteiger charge is -2.48. The number of hydrogen-bond donors (Lipinski definition) is 0. The summed E-state index contributed by atoms with van der Waals surface area (Å²) in [7, 11) is 3.69. The van der Waals surface area contributed by atoms with Crippen molar-refractivity contribution >= 4 is 0 Å². The molecule has 1 unspecified atom stereocenters. The highest BCUT2D eigenvalue weighted by Gasteiger charge is 2.43. The van der Waals surface area contributed by atoms with Crippen LogP contribution in [0.15, 0.2) is 0 Å². The summed E-state index contributed by atoms with van der Waals surface area (Å²) in [6.07, 6.45) is 0.980. The summed E-state index contributed by atoms with van der Waals surface area (Å²) in [5.74, 6) is -0.394. The van der Waals surface area contributed by atoms with Crippen LogP contribution in [0.4, 0.5) is 0 Å². The molecule has 0 amide bonds. The monoisotopic (exact) mass is 145 g/mol. The Bertz CT molecular complexity index is 114. The van der Waals surface area contributed by atoms with Crippen molar-refractivity contribution < 1.29 is 9.47 Å². The number of nitrogens with zero attached hydrogens (tertiary/aromatic N) is 1. The molecule has 1 fully saturated rings.